The second-order valence-corrected chi connectivity index (χ2v) is 7.61. The van der Waals surface area contributed by atoms with Crippen LogP contribution in [0.15, 0.2) is 0 Å². The lowest BCUT2D eigenvalue weighted by Crippen LogP contribution is -2.35. The number of nitrogens with zero attached hydrogens (tertiary/aromatic N) is 4. The number of nitrogens with one attached hydrogen (secondary N) is 1. The quantitative estimate of drug-likeness (QED) is 0.907. The molecule has 5 nitrogen and oxygen atoms in total. The summed E-state index contributed by atoms with van der Waals surface area (Å²) in [5.41, 5.74) is 0.0566. The predicted molar refractivity (Wildman–Crippen MR) is 74.0 cm³/mol. The second-order valence-electron chi connectivity index (χ2n) is 6.57. The maximum absolute atomic E-state index is 4.59. The first-order chi connectivity index (χ1) is 8.17. The van der Waals surface area contributed by atoms with Crippen LogP contribution >= 0.6 is 11.3 Å². The molecule has 0 saturated heterocycles. The van der Waals surface area contributed by atoms with Gasteiger partial charge in [0, 0.05) is 11.0 Å². The number of hydrogen-bond acceptors (Lipinski definition) is 5. The topological polar surface area (TPSA) is 55.1 Å². The van der Waals surface area contributed by atoms with Gasteiger partial charge in [0.25, 0.3) is 0 Å². The molecule has 0 aromatic carbocycles. The molecule has 0 amide bonds. The fourth-order valence-corrected chi connectivity index (χ4v) is 2.31. The lowest BCUT2D eigenvalue weighted by atomic mass is 9.96. The van der Waals surface area contributed by atoms with E-state index in [1.54, 1.807) is 11.3 Å². The third-order valence-corrected chi connectivity index (χ3v) is 3.37. The summed E-state index contributed by atoms with van der Waals surface area (Å²) in [7, 11) is 0. The van der Waals surface area contributed by atoms with Gasteiger partial charge in [0.1, 0.15) is 5.01 Å². The van der Waals surface area contributed by atoms with E-state index in [-0.39, 0.29) is 11.0 Å². The Labute approximate surface area is 112 Å². The number of hydrogen-bond donors (Lipinski definition) is 1. The summed E-state index contributed by atoms with van der Waals surface area (Å²) in [4.78, 5) is 0.866. The van der Waals surface area contributed by atoms with Crippen LogP contribution in [0.1, 0.15) is 52.4 Å². The van der Waals surface area contributed by atoms with E-state index in [2.05, 4.69) is 62.2 Å². The molecule has 2 aromatic rings. The smallest absolute Gasteiger partial charge is 0.234 e. The normalized spacial score (nSPS) is 13.4. The molecule has 1 N–H and O–H groups in total. The van der Waals surface area contributed by atoms with Crippen molar-refractivity contribution in [1.82, 2.24) is 25.1 Å². The summed E-state index contributed by atoms with van der Waals surface area (Å²) in [6.07, 6.45) is 0. The van der Waals surface area contributed by atoms with Crippen LogP contribution in [-0.4, -0.2) is 25.4 Å². The maximum atomic E-state index is 4.59. The van der Waals surface area contributed by atoms with Crippen molar-refractivity contribution in [2.45, 2.75) is 59.0 Å². The summed E-state index contributed by atoms with van der Waals surface area (Å²) in [6.45, 7) is 13.6. The Morgan fingerprint density at radius 3 is 2.33 bits per heavy atom. The van der Waals surface area contributed by atoms with Crippen molar-refractivity contribution >= 4 is 16.3 Å². The van der Waals surface area contributed by atoms with Gasteiger partial charge in [-0.05, 0) is 20.8 Å². The van der Waals surface area contributed by atoms with Crippen LogP contribution in [-0.2, 0) is 12.0 Å². The van der Waals surface area contributed by atoms with Gasteiger partial charge in [-0.3, -0.25) is 0 Å². The van der Waals surface area contributed by atoms with Crippen LogP contribution in [0.25, 0.3) is 4.96 Å². The highest BCUT2D eigenvalue weighted by Crippen LogP contribution is 2.23. The van der Waals surface area contributed by atoms with Gasteiger partial charge in [0.15, 0.2) is 5.82 Å². The van der Waals surface area contributed by atoms with E-state index in [1.807, 2.05) is 4.52 Å². The first-order valence-corrected chi connectivity index (χ1v) is 6.95. The van der Waals surface area contributed by atoms with E-state index >= 15 is 0 Å². The molecule has 0 bridgehead atoms. The van der Waals surface area contributed by atoms with Crippen molar-refractivity contribution in [1.29, 1.82) is 0 Å². The lowest BCUT2D eigenvalue weighted by Gasteiger charge is -2.19. The molecule has 2 aromatic heterocycles. The molecule has 0 saturated carbocycles. The lowest BCUT2D eigenvalue weighted by molar-refractivity contribution is 0.422. The summed E-state index contributed by atoms with van der Waals surface area (Å²) in [6, 6.07) is 0. The highest BCUT2D eigenvalue weighted by Gasteiger charge is 2.23. The van der Waals surface area contributed by atoms with Gasteiger partial charge in [-0.1, -0.05) is 32.1 Å². The number of rotatable bonds is 2. The van der Waals surface area contributed by atoms with Gasteiger partial charge in [0.05, 0.1) is 6.54 Å². The van der Waals surface area contributed by atoms with Gasteiger partial charge in [-0.2, -0.15) is 9.61 Å². The highest BCUT2D eigenvalue weighted by atomic mass is 32.1. The fourth-order valence-electron chi connectivity index (χ4n) is 1.54. The molecular formula is C12H21N5S. The van der Waals surface area contributed by atoms with Gasteiger partial charge < -0.3 is 5.32 Å². The van der Waals surface area contributed by atoms with Crippen LogP contribution in [0.4, 0.5) is 0 Å². The molecule has 0 atom stereocenters. The molecule has 6 heteroatoms. The van der Waals surface area contributed by atoms with E-state index < -0.39 is 0 Å². The predicted octanol–water partition coefficient (Wildman–Crippen LogP) is 2.37. The Morgan fingerprint density at radius 2 is 1.78 bits per heavy atom. The number of fused-ring (bicyclic) bond motifs is 1. The largest absolute Gasteiger partial charge is 0.306 e. The Bertz CT molecular complexity index is 541. The van der Waals surface area contributed by atoms with Crippen molar-refractivity contribution in [3.8, 4) is 0 Å². The second kappa shape index (κ2) is 4.28. The Balaban J connectivity index is 2.26. The van der Waals surface area contributed by atoms with Crippen molar-refractivity contribution in [2.75, 3.05) is 0 Å². The van der Waals surface area contributed by atoms with E-state index in [1.165, 1.54) is 0 Å². The SMILES string of the molecule is CC(C)(C)NCc1nn2c(C(C)(C)C)nnc2s1. The van der Waals surface area contributed by atoms with E-state index in [9.17, 15) is 0 Å². The van der Waals surface area contributed by atoms with Gasteiger partial charge in [-0.25, -0.2) is 0 Å². The molecular weight excluding hydrogens is 246 g/mol. The Morgan fingerprint density at radius 1 is 1.11 bits per heavy atom. The zero-order chi connectivity index (χ0) is 13.6. The van der Waals surface area contributed by atoms with Crippen molar-refractivity contribution in [3.05, 3.63) is 10.8 Å². The summed E-state index contributed by atoms with van der Waals surface area (Å²) < 4.78 is 1.87. The fraction of sp³-hybridized carbons (Fsp3) is 0.750. The van der Waals surface area contributed by atoms with Crippen molar-refractivity contribution < 1.29 is 0 Å². The average molecular weight is 267 g/mol. The standard InChI is InChI=1S/C12H21N5S/c1-11(2,3)9-14-15-10-17(9)16-8(18-10)7-13-12(4,5)6/h13H,7H2,1-6H3. The minimum atomic E-state index is -0.0395. The van der Waals surface area contributed by atoms with E-state index in [4.69, 9.17) is 0 Å². The van der Waals surface area contributed by atoms with E-state index in [0.717, 1.165) is 22.3 Å². The molecule has 0 spiro atoms. The summed E-state index contributed by atoms with van der Waals surface area (Å²) in [5, 5.41) is 17.5. The van der Waals surface area contributed by atoms with Crippen LogP contribution < -0.4 is 5.32 Å². The molecule has 0 fully saturated rings. The van der Waals surface area contributed by atoms with Crippen molar-refractivity contribution in [2.24, 2.45) is 0 Å². The third kappa shape index (κ3) is 2.87. The summed E-state index contributed by atoms with van der Waals surface area (Å²) >= 11 is 1.59. The Kier molecular flexibility index (Phi) is 3.19. The van der Waals surface area contributed by atoms with Gasteiger partial charge in [-0.15, -0.1) is 10.2 Å². The zero-order valence-corrected chi connectivity index (χ0v) is 12.7. The molecule has 0 aliphatic heterocycles. The van der Waals surface area contributed by atoms with Crippen LogP contribution in [0.2, 0.25) is 0 Å². The van der Waals surface area contributed by atoms with Crippen molar-refractivity contribution in [3.63, 3.8) is 0 Å². The molecule has 0 aliphatic carbocycles. The van der Waals surface area contributed by atoms with Crippen LogP contribution in [0, 0.1) is 0 Å². The first kappa shape index (κ1) is 13.4. The number of aromatic nitrogens is 4. The molecule has 18 heavy (non-hydrogen) atoms. The molecule has 2 rings (SSSR count). The third-order valence-electron chi connectivity index (χ3n) is 2.47. The van der Waals surface area contributed by atoms with Crippen LogP contribution in [0.5, 0.6) is 0 Å². The average Bonchev–Trinajstić information content (AvgIpc) is 2.68. The monoisotopic (exact) mass is 267 g/mol. The molecule has 0 aliphatic rings. The minimum absolute atomic E-state index is 0.0395. The van der Waals surface area contributed by atoms with E-state index in [0.29, 0.717) is 0 Å². The maximum Gasteiger partial charge on any atom is 0.234 e. The Hall–Kier alpha value is -1.01. The highest BCUT2D eigenvalue weighted by molar-refractivity contribution is 7.16. The van der Waals surface area contributed by atoms with Crippen LogP contribution in [0.3, 0.4) is 0 Å². The van der Waals surface area contributed by atoms with Gasteiger partial charge >= 0.3 is 0 Å². The first-order valence-electron chi connectivity index (χ1n) is 6.13. The molecule has 2 heterocycles. The summed E-state index contributed by atoms with van der Waals surface area (Å²) in [5.74, 6) is 0.913. The van der Waals surface area contributed by atoms with Gasteiger partial charge in [0.2, 0.25) is 4.96 Å². The zero-order valence-electron chi connectivity index (χ0n) is 11.9. The molecule has 100 valence electrons. The molecule has 0 unspecified atom stereocenters. The minimum Gasteiger partial charge on any atom is -0.306 e. The molecule has 0 radical (unpaired) electrons.